The number of nitrogens with one attached hydrogen (secondary N) is 2. The number of nitrogens with zero attached hydrogens (tertiary/aromatic N) is 2. The zero-order valence-electron chi connectivity index (χ0n) is 15.1. The highest BCUT2D eigenvalue weighted by molar-refractivity contribution is 6.02. The van der Waals surface area contributed by atoms with Crippen LogP contribution in [0.25, 0.3) is 5.65 Å². The van der Waals surface area contributed by atoms with Crippen molar-refractivity contribution in [1.82, 2.24) is 19.7 Å². The number of carbonyl (C=O) groups excluding carboxylic acids is 2. The summed E-state index contributed by atoms with van der Waals surface area (Å²) in [4.78, 5) is 43.7. The van der Waals surface area contributed by atoms with Gasteiger partial charge in [0.05, 0.1) is 12.2 Å². The van der Waals surface area contributed by atoms with Gasteiger partial charge in [0, 0.05) is 23.5 Å². The fourth-order valence-electron chi connectivity index (χ4n) is 3.11. The molecule has 0 fully saturated rings. The fourth-order valence-corrected chi connectivity index (χ4v) is 3.11. The molecule has 0 radical (unpaired) electrons. The van der Waals surface area contributed by atoms with E-state index < -0.39 is 0 Å². The summed E-state index contributed by atoms with van der Waals surface area (Å²) in [7, 11) is 0. The van der Waals surface area contributed by atoms with Crippen LogP contribution in [0.15, 0.2) is 29.2 Å². The molecule has 3 aromatic heterocycles. The van der Waals surface area contributed by atoms with Gasteiger partial charge in [-0.15, -0.1) is 0 Å². The number of aryl methyl sites for hydroxylation is 2. The molecule has 3 rings (SSSR count). The van der Waals surface area contributed by atoms with Crippen LogP contribution in [0.2, 0.25) is 0 Å². The predicted molar refractivity (Wildman–Crippen MR) is 97.6 cm³/mol. The summed E-state index contributed by atoms with van der Waals surface area (Å²) in [5.41, 5.74) is 3.97. The van der Waals surface area contributed by atoms with Crippen molar-refractivity contribution < 1.29 is 9.59 Å². The smallest absolute Gasteiger partial charge is 0.268 e. The van der Waals surface area contributed by atoms with Gasteiger partial charge >= 0.3 is 0 Å². The minimum atomic E-state index is -0.343. The van der Waals surface area contributed by atoms with Crippen LogP contribution >= 0.6 is 0 Å². The van der Waals surface area contributed by atoms with E-state index in [0.717, 1.165) is 5.56 Å². The van der Waals surface area contributed by atoms with Gasteiger partial charge in [0.25, 0.3) is 11.5 Å². The molecule has 0 aliphatic carbocycles. The molecule has 0 unspecified atom stereocenters. The Morgan fingerprint density at radius 3 is 2.62 bits per heavy atom. The van der Waals surface area contributed by atoms with Gasteiger partial charge in [0.2, 0.25) is 0 Å². The number of carbonyl (C=O) groups is 2. The van der Waals surface area contributed by atoms with Crippen LogP contribution in [0.3, 0.4) is 0 Å². The molecule has 3 aromatic rings. The van der Waals surface area contributed by atoms with Gasteiger partial charge in [-0.3, -0.25) is 18.8 Å². The second-order valence-electron chi connectivity index (χ2n) is 6.38. The maximum Gasteiger partial charge on any atom is 0.268 e. The lowest BCUT2D eigenvalue weighted by Crippen LogP contribution is -2.26. The van der Waals surface area contributed by atoms with Gasteiger partial charge in [-0.1, -0.05) is 0 Å². The SMILES string of the molecule is CC(=O)c1c(C)[nH]c(C(=O)NCc2cc(=O)n3ccc(C)cc3n2)c1C. The Morgan fingerprint density at radius 2 is 1.96 bits per heavy atom. The van der Waals surface area contributed by atoms with Crippen molar-refractivity contribution in [3.05, 3.63) is 68.5 Å². The van der Waals surface area contributed by atoms with E-state index >= 15 is 0 Å². The van der Waals surface area contributed by atoms with Crippen molar-refractivity contribution in [2.45, 2.75) is 34.2 Å². The van der Waals surface area contributed by atoms with E-state index in [1.165, 1.54) is 17.4 Å². The summed E-state index contributed by atoms with van der Waals surface area (Å²) in [5, 5.41) is 2.75. The van der Waals surface area contributed by atoms with Crippen LogP contribution in [0.5, 0.6) is 0 Å². The van der Waals surface area contributed by atoms with E-state index in [-0.39, 0.29) is 23.8 Å². The quantitative estimate of drug-likeness (QED) is 0.703. The van der Waals surface area contributed by atoms with E-state index in [0.29, 0.717) is 33.9 Å². The zero-order valence-corrected chi connectivity index (χ0v) is 15.1. The van der Waals surface area contributed by atoms with Gasteiger partial charge < -0.3 is 10.3 Å². The molecule has 1 amide bonds. The molecule has 0 aromatic carbocycles. The number of aromatic nitrogens is 3. The molecule has 3 heterocycles. The third kappa shape index (κ3) is 3.15. The normalized spacial score (nSPS) is 10.9. The fraction of sp³-hybridized carbons (Fsp3) is 0.263. The first-order valence-electron chi connectivity index (χ1n) is 8.25. The molecule has 7 heteroatoms. The van der Waals surface area contributed by atoms with Gasteiger partial charge in [-0.05, 0) is 51.0 Å². The number of hydrogen-bond acceptors (Lipinski definition) is 4. The molecule has 0 aliphatic heterocycles. The minimum absolute atomic E-state index is 0.0881. The van der Waals surface area contributed by atoms with Gasteiger partial charge in [-0.2, -0.15) is 0 Å². The number of H-pyrrole nitrogens is 1. The van der Waals surface area contributed by atoms with Crippen molar-refractivity contribution in [2.24, 2.45) is 0 Å². The largest absolute Gasteiger partial charge is 0.354 e. The Morgan fingerprint density at radius 1 is 1.23 bits per heavy atom. The second kappa shape index (κ2) is 6.59. The Balaban J connectivity index is 1.84. The first kappa shape index (κ1) is 17.6. The number of amides is 1. The summed E-state index contributed by atoms with van der Waals surface area (Å²) in [6, 6.07) is 5.04. The van der Waals surface area contributed by atoms with E-state index in [1.54, 1.807) is 20.0 Å². The van der Waals surface area contributed by atoms with Crippen LogP contribution in [-0.4, -0.2) is 26.1 Å². The molecule has 2 N–H and O–H groups in total. The maximum absolute atomic E-state index is 12.5. The van der Waals surface area contributed by atoms with Crippen molar-refractivity contribution in [3.8, 4) is 0 Å². The zero-order chi connectivity index (χ0) is 19.0. The Kier molecular flexibility index (Phi) is 4.46. The lowest BCUT2D eigenvalue weighted by molar-refractivity contribution is 0.0945. The van der Waals surface area contributed by atoms with Crippen LogP contribution in [0.4, 0.5) is 0 Å². The highest BCUT2D eigenvalue weighted by atomic mass is 16.2. The van der Waals surface area contributed by atoms with Crippen LogP contribution < -0.4 is 10.9 Å². The van der Waals surface area contributed by atoms with Crippen molar-refractivity contribution in [3.63, 3.8) is 0 Å². The second-order valence-corrected chi connectivity index (χ2v) is 6.38. The third-order valence-electron chi connectivity index (χ3n) is 4.32. The molecule has 0 aliphatic rings. The van der Waals surface area contributed by atoms with Gasteiger partial charge in [0.15, 0.2) is 5.78 Å². The van der Waals surface area contributed by atoms with Crippen LogP contribution in [-0.2, 0) is 6.54 Å². The molecule has 134 valence electrons. The highest BCUT2D eigenvalue weighted by Crippen LogP contribution is 2.18. The third-order valence-corrected chi connectivity index (χ3v) is 4.32. The van der Waals surface area contributed by atoms with E-state index in [1.807, 2.05) is 19.1 Å². The lowest BCUT2D eigenvalue weighted by atomic mass is 10.1. The van der Waals surface area contributed by atoms with E-state index in [4.69, 9.17) is 0 Å². The number of pyridine rings is 1. The van der Waals surface area contributed by atoms with Gasteiger partial charge in [0.1, 0.15) is 11.3 Å². The van der Waals surface area contributed by atoms with Gasteiger partial charge in [-0.25, -0.2) is 4.98 Å². The van der Waals surface area contributed by atoms with Crippen LogP contribution in [0.1, 0.15) is 50.3 Å². The molecule has 0 spiro atoms. The Labute approximate surface area is 150 Å². The summed E-state index contributed by atoms with van der Waals surface area (Å²) in [5.74, 6) is -0.431. The molecular weight excluding hydrogens is 332 g/mol. The Bertz CT molecular complexity index is 1090. The van der Waals surface area contributed by atoms with E-state index in [9.17, 15) is 14.4 Å². The molecule has 0 bridgehead atoms. The highest BCUT2D eigenvalue weighted by Gasteiger charge is 2.19. The van der Waals surface area contributed by atoms with Crippen molar-refractivity contribution in [2.75, 3.05) is 0 Å². The molecular formula is C19H20N4O3. The number of hydrogen-bond donors (Lipinski definition) is 2. The van der Waals surface area contributed by atoms with Crippen LogP contribution in [0, 0.1) is 20.8 Å². The van der Waals surface area contributed by atoms with Crippen molar-refractivity contribution >= 4 is 17.3 Å². The summed E-state index contributed by atoms with van der Waals surface area (Å²) < 4.78 is 1.45. The average Bonchev–Trinajstić information content (AvgIpc) is 2.87. The topological polar surface area (TPSA) is 96.3 Å². The summed E-state index contributed by atoms with van der Waals surface area (Å²) in [6.45, 7) is 7.00. The van der Waals surface area contributed by atoms with Crippen molar-refractivity contribution in [1.29, 1.82) is 0 Å². The average molecular weight is 352 g/mol. The molecule has 0 saturated carbocycles. The first-order chi connectivity index (χ1) is 12.3. The Hall–Kier alpha value is -3.22. The number of Topliss-reactive ketones (excluding diaryl/α,β-unsaturated/α-hetero) is 1. The summed E-state index contributed by atoms with van der Waals surface area (Å²) >= 11 is 0. The number of aromatic amines is 1. The molecule has 26 heavy (non-hydrogen) atoms. The number of rotatable bonds is 4. The monoisotopic (exact) mass is 352 g/mol. The predicted octanol–water partition coefficient (Wildman–Crippen LogP) is 2.08. The molecule has 0 saturated heterocycles. The standard InChI is InChI=1S/C19H20N4O3/c1-10-5-6-23-15(7-10)22-14(8-16(23)25)9-20-19(26)18-11(2)17(13(4)24)12(3)21-18/h5-8,21H,9H2,1-4H3,(H,20,26). The van der Waals surface area contributed by atoms with E-state index in [2.05, 4.69) is 15.3 Å². The number of ketones is 1. The summed E-state index contributed by atoms with van der Waals surface area (Å²) in [6.07, 6.45) is 1.68. The lowest BCUT2D eigenvalue weighted by Gasteiger charge is -2.07. The minimum Gasteiger partial charge on any atom is -0.354 e. The number of fused-ring (bicyclic) bond motifs is 1. The molecule has 7 nitrogen and oxygen atoms in total. The first-order valence-corrected chi connectivity index (χ1v) is 8.25. The maximum atomic E-state index is 12.5. The molecule has 0 atom stereocenters.